The second-order valence-corrected chi connectivity index (χ2v) is 3.52. The monoisotopic (exact) mass is 172 g/mol. The molecule has 0 aliphatic carbocycles. The Labute approximate surface area is 72.7 Å². The number of amides is 1. The lowest BCUT2D eigenvalue weighted by molar-refractivity contribution is -0.131. The molecular weight excluding hydrogens is 156 g/mol. The quantitative estimate of drug-likeness (QED) is 0.615. The molecule has 1 rings (SSSR count). The minimum absolute atomic E-state index is 0.274. The Balaban J connectivity index is 2.59. The fourth-order valence-corrected chi connectivity index (χ4v) is 1.28. The van der Waals surface area contributed by atoms with Gasteiger partial charge in [-0.25, -0.2) is 0 Å². The standard InChI is InChI=1S/C8H16N2O2/c1-8(2,7(9)11)10-3-5-12-6-4-10/h3-6H2,1-2H3,(H2,9,11). The normalized spacial score (nSPS) is 20.8. The number of ether oxygens (including phenoxy) is 1. The van der Waals surface area contributed by atoms with Gasteiger partial charge in [-0.15, -0.1) is 0 Å². The van der Waals surface area contributed by atoms with Crippen LogP contribution in [0.1, 0.15) is 13.8 Å². The summed E-state index contributed by atoms with van der Waals surface area (Å²) in [5, 5.41) is 0. The van der Waals surface area contributed by atoms with Crippen LogP contribution in [0.5, 0.6) is 0 Å². The van der Waals surface area contributed by atoms with Crippen molar-refractivity contribution in [2.45, 2.75) is 19.4 Å². The number of rotatable bonds is 2. The van der Waals surface area contributed by atoms with Gasteiger partial charge in [-0.2, -0.15) is 0 Å². The van der Waals surface area contributed by atoms with Gasteiger partial charge < -0.3 is 10.5 Å². The molecule has 12 heavy (non-hydrogen) atoms. The number of nitrogens with zero attached hydrogens (tertiary/aromatic N) is 1. The lowest BCUT2D eigenvalue weighted by atomic mass is 10.0. The van der Waals surface area contributed by atoms with Crippen LogP contribution in [-0.4, -0.2) is 42.6 Å². The van der Waals surface area contributed by atoms with E-state index in [0.29, 0.717) is 13.2 Å². The first-order valence-corrected chi connectivity index (χ1v) is 4.18. The molecule has 70 valence electrons. The van der Waals surface area contributed by atoms with E-state index in [2.05, 4.69) is 4.90 Å². The topological polar surface area (TPSA) is 55.6 Å². The number of nitrogens with two attached hydrogens (primary N) is 1. The molecule has 1 saturated heterocycles. The van der Waals surface area contributed by atoms with Crippen molar-refractivity contribution in [2.75, 3.05) is 26.3 Å². The zero-order valence-electron chi connectivity index (χ0n) is 7.67. The van der Waals surface area contributed by atoms with E-state index in [1.165, 1.54) is 0 Å². The summed E-state index contributed by atoms with van der Waals surface area (Å²) in [6, 6.07) is 0. The molecule has 0 aromatic rings. The Morgan fingerprint density at radius 2 is 1.92 bits per heavy atom. The first-order valence-electron chi connectivity index (χ1n) is 4.18. The van der Waals surface area contributed by atoms with Crippen molar-refractivity contribution >= 4 is 5.91 Å². The Hall–Kier alpha value is -0.610. The Morgan fingerprint density at radius 3 is 2.33 bits per heavy atom. The maximum Gasteiger partial charge on any atom is 0.237 e. The summed E-state index contributed by atoms with van der Waals surface area (Å²) >= 11 is 0. The second-order valence-electron chi connectivity index (χ2n) is 3.52. The molecule has 0 aromatic carbocycles. The molecule has 1 aliphatic rings. The predicted octanol–water partition coefficient (Wildman–Crippen LogP) is -0.417. The lowest BCUT2D eigenvalue weighted by Crippen LogP contribution is -2.56. The number of hydrogen-bond donors (Lipinski definition) is 1. The van der Waals surface area contributed by atoms with Crippen LogP contribution in [-0.2, 0) is 9.53 Å². The maximum absolute atomic E-state index is 11.1. The average molecular weight is 172 g/mol. The highest BCUT2D eigenvalue weighted by molar-refractivity contribution is 5.83. The molecular formula is C8H16N2O2. The zero-order chi connectivity index (χ0) is 9.19. The molecule has 0 spiro atoms. The minimum atomic E-state index is -0.538. The van der Waals surface area contributed by atoms with Crippen LogP contribution < -0.4 is 5.73 Å². The smallest absolute Gasteiger partial charge is 0.237 e. The van der Waals surface area contributed by atoms with Crippen LogP contribution in [0, 0.1) is 0 Å². The summed E-state index contributed by atoms with van der Waals surface area (Å²) in [5.41, 5.74) is 4.74. The van der Waals surface area contributed by atoms with Crippen LogP contribution in [0.4, 0.5) is 0 Å². The third-order valence-corrected chi connectivity index (χ3v) is 2.40. The maximum atomic E-state index is 11.1. The minimum Gasteiger partial charge on any atom is -0.379 e. The van der Waals surface area contributed by atoms with Crippen molar-refractivity contribution < 1.29 is 9.53 Å². The van der Waals surface area contributed by atoms with E-state index in [1.54, 1.807) is 0 Å². The van der Waals surface area contributed by atoms with E-state index in [1.807, 2.05) is 13.8 Å². The van der Waals surface area contributed by atoms with Crippen LogP contribution >= 0.6 is 0 Å². The highest BCUT2D eigenvalue weighted by atomic mass is 16.5. The van der Waals surface area contributed by atoms with Gasteiger partial charge in [-0.3, -0.25) is 9.69 Å². The molecule has 0 atom stereocenters. The lowest BCUT2D eigenvalue weighted by Gasteiger charge is -2.38. The van der Waals surface area contributed by atoms with E-state index >= 15 is 0 Å². The molecule has 0 bridgehead atoms. The first kappa shape index (κ1) is 9.48. The van der Waals surface area contributed by atoms with Crippen molar-refractivity contribution in [3.63, 3.8) is 0 Å². The molecule has 0 saturated carbocycles. The van der Waals surface area contributed by atoms with Gasteiger partial charge in [0.15, 0.2) is 0 Å². The van der Waals surface area contributed by atoms with E-state index in [9.17, 15) is 4.79 Å². The van der Waals surface area contributed by atoms with Gasteiger partial charge in [-0.05, 0) is 13.8 Å². The third kappa shape index (κ3) is 1.76. The fraction of sp³-hybridized carbons (Fsp3) is 0.875. The summed E-state index contributed by atoms with van der Waals surface area (Å²) in [6.45, 7) is 6.65. The number of hydrogen-bond acceptors (Lipinski definition) is 3. The summed E-state index contributed by atoms with van der Waals surface area (Å²) in [6.07, 6.45) is 0. The van der Waals surface area contributed by atoms with E-state index in [4.69, 9.17) is 10.5 Å². The average Bonchev–Trinajstić information content (AvgIpc) is 2.06. The number of carbonyl (C=O) groups excluding carboxylic acids is 1. The van der Waals surface area contributed by atoms with Gasteiger partial charge in [-0.1, -0.05) is 0 Å². The molecule has 0 radical (unpaired) electrons. The van der Waals surface area contributed by atoms with E-state index in [0.717, 1.165) is 13.1 Å². The molecule has 4 nitrogen and oxygen atoms in total. The fourth-order valence-electron chi connectivity index (χ4n) is 1.28. The number of primary amides is 1. The zero-order valence-corrected chi connectivity index (χ0v) is 7.67. The van der Waals surface area contributed by atoms with E-state index in [-0.39, 0.29) is 5.91 Å². The predicted molar refractivity (Wildman–Crippen MR) is 45.7 cm³/mol. The van der Waals surface area contributed by atoms with Gasteiger partial charge in [0.1, 0.15) is 0 Å². The Morgan fingerprint density at radius 1 is 1.42 bits per heavy atom. The highest BCUT2D eigenvalue weighted by Gasteiger charge is 2.33. The molecule has 0 aromatic heterocycles. The Kier molecular flexibility index (Phi) is 2.69. The van der Waals surface area contributed by atoms with Crippen LogP contribution in [0.2, 0.25) is 0 Å². The van der Waals surface area contributed by atoms with Crippen molar-refractivity contribution in [3.8, 4) is 0 Å². The van der Waals surface area contributed by atoms with Crippen molar-refractivity contribution in [2.24, 2.45) is 5.73 Å². The summed E-state index contributed by atoms with van der Waals surface area (Å²) in [5.74, 6) is -0.274. The van der Waals surface area contributed by atoms with Crippen molar-refractivity contribution in [1.29, 1.82) is 0 Å². The molecule has 1 heterocycles. The highest BCUT2D eigenvalue weighted by Crippen LogP contribution is 2.14. The summed E-state index contributed by atoms with van der Waals surface area (Å²) < 4.78 is 5.18. The summed E-state index contributed by atoms with van der Waals surface area (Å²) in [7, 11) is 0. The van der Waals surface area contributed by atoms with Gasteiger partial charge in [0.05, 0.1) is 18.8 Å². The van der Waals surface area contributed by atoms with Crippen LogP contribution in [0.25, 0.3) is 0 Å². The molecule has 1 fully saturated rings. The van der Waals surface area contributed by atoms with Crippen LogP contribution in [0.3, 0.4) is 0 Å². The molecule has 1 amide bonds. The van der Waals surface area contributed by atoms with Crippen molar-refractivity contribution in [3.05, 3.63) is 0 Å². The molecule has 0 unspecified atom stereocenters. The van der Waals surface area contributed by atoms with E-state index < -0.39 is 5.54 Å². The van der Waals surface area contributed by atoms with Gasteiger partial charge in [0.25, 0.3) is 0 Å². The third-order valence-electron chi connectivity index (χ3n) is 2.40. The SMILES string of the molecule is CC(C)(C(N)=O)N1CCOCC1. The van der Waals surface area contributed by atoms with Crippen molar-refractivity contribution in [1.82, 2.24) is 4.90 Å². The second kappa shape index (κ2) is 3.41. The first-order chi connectivity index (χ1) is 5.55. The van der Waals surface area contributed by atoms with Gasteiger partial charge in [0, 0.05) is 13.1 Å². The number of carbonyl (C=O) groups is 1. The van der Waals surface area contributed by atoms with Gasteiger partial charge in [0.2, 0.25) is 5.91 Å². The van der Waals surface area contributed by atoms with Crippen LogP contribution in [0.15, 0.2) is 0 Å². The molecule has 1 aliphatic heterocycles. The van der Waals surface area contributed by atoms with Gasteiger partial charge >= 0.3 is 0 Å². The Bertz CT molecular complexity index is 174. The molecule has 4 heteroatoms. The summed E-state index contributed by atoms with van der Waals surface area (Å²) in [4.78, 5) is 13.1. The largest absolute Gasteiger partial charge is 0.379 e. The number of morpholine rings is 1. The molecule has 2 N–H and O–H groups in total.